The van der Waals surface area contributed by atoms with Crippen molar-refractivity contribution in [3.63, 3.8) is 0 Å². The normalized spacial score (nSPS) is 22.3. The molecule has 9 heteroatoms. The topological polar surface area (TPSA) is 106 Å². The second-order valence-electron chi connectivity index (χ2n) is 13.1. The fourth-order valence-electron chi connectivity index (χ4n) is 7.14. The van der Waals surface area contributed by atoms with Gasteiger partial charge in [-0.3, -0.25) is 0 Å². The molecule has 1 aliphatic heterocycles. The lowest BCUT2D eigenvalue weighted by atomic mass is 9.92. The molecule has 6 rings (SSSR count). The van der Waals surface area contributed by atoms with Crippen LogP contribution in [0.25, 0.3) is 11.2 Å². The Morgan fingerprint density at radius 1 is 0.814 bits per heavy atom. The Kier molecular flexibility index (Phi) is 10.8. The molecule has 0 unspecified atom stereocenters. The van der Waals surface area contributed by atoms with Gasteiger partial charge in [0.25, 0.3) is 0 Å². The molecule has 3 aromatic rings. The average Bonchev–Trinajstić information content (AvgIpc) is 3.72. The van der Waals surface area contributed by atoms with Crippen molar-refractivity contribution in [1.29, 1.82) is 0 Å². The van der Waals surface area contributed by atoms with Gasteiger partial charge in [0.1, 0.15) is 0 Å². The van der Waals surface area contributed by atoms with Gasteiger partial charge in [-0.2, -0.15) is 9.97 Å². The number of ether oxygens (including phenoxy) is 1. The largest absolute Gasteiger partial charge is 0.381 e. The molecule has 0 spiro atoms. The number of imidazole rings is 1. The van der Waals surface area contributed by atoms with Crippen molar-refractivity contribution in [2.24, 2.45) is 5.73 Å². The zero-order chi connectivity index (χ0) is 29.3. The Morgan fingerprint density at radius 3 is 2.35 bits per heavy atom. The lowest BCUT2D eigenvalue weighted by molar-refractivity contribution is 0.123. The van der Waals surface area contributed by atoms with Crippen LogP contribution in [0.15, 0.2) is 36.7 Å². The number of piperidine rings is 1. The number of aromatic nitrogens is 4. The Morgan fingerprint density at radius 2 is 1.56 bits per heavy atom. The van der Waals surface area contributed by atoms with Crippen molar-refractivity contribution in [3.05, 3.63) is 42.2 Å². The van der Waals surface area contributed by atoms with Gasteiger partial charge in [0.15, 0.2) is 17.0 Å². The maximum Gasteiger partial charge on any atom is 0.227 e. The number of hydrogen-bond donors (Lipinski definition) is 3. The van der Waals surface area contributed by atoms with Crippen LogP contribution in [0.5, 0.6) is 0 Å². The zero-order valence-corrected chi connectivity index (χ0v) is 25.9. The van der Waals surface area contributed by atoms with E-state index in [1.165, 1.54) is 37.7 Å². The molecule has 43 heavy (non-hydrogen) atoms. The Labute approximate surface area is 257 Å². The van der Waals surface area contributed by atoms with Crippen LogP contribution in [-0.4, -0.2) is 75.4 Å². The molecule has 2 aliphatic carbocycles. The summed E-state index contributed by atoms with van der Waals surface area (Å²) in [5.41, 5.74) is 9.45. The van der Waals surface area contributed by atoms with Gasteiger partial charge >= 0.3 is 0 Å². The van der Waals surface area contributed by atoms with Crippen LogP contribution in [0.1, 0.15) is 95.1 Å². The van der Waals surface area contributed by atoms with Crippen LogP contribution >= 0.6 is 0 Å². The second kappa shape index (κ2) is 15.3. The first-order valence-electron chi connectivity index (χ1n) is 17.1. The molecule has 2 aromatic heterocycles. The van der Waals surface area contributed by atoms with Gasteiger partial charge in [0, 0.05) is 50.5 Å². The number of anilines is 2. The molecule has 2 saturated carbocycles. The molecular weight excluding hydrogens is 536 g/mol. The number of nitrogens with two attached hydrogens (primary N) is 1. The number of aryl methyl sites for hydroxylation is 1. The predicted molar refractivity (Wildman–Crippen MR) is 175 cm³/mol. The van der Waals surface area contributed by atoms with Gasteiger partial charge in [0.2, 0.25) is 5.95 Å². The van der Waals surface area contributed by atoms with Gasteiger partial charge in [-0.1, -0.05) is 43.2 Å². The van der Waals surface area contributed by atoms with E-state index in [0.717, 1.165) is 114 Å². The molecule has 0 radical (unpaired) electrons. The summed E-state index contributed by atoms with van der Waals surface area (Å²) in [6.07, 6.45) is 18.0. The fraction of sp³-hybridized carbons (Fsp3) is 0.676. The van der Waals surface area contributed by atoms with E-state index in [0.29, 0.717) is 24.2 Å². The third-order valence-electron chi connectivity index (χ3n) is 9.78. The van der Waals surface area contributed by atoms with Crippen molar-refractivity contribution in [3.8, 4) is 0 Å². The minimum absolute atomic E-state index is 0.330. The maximum atomic E-state index is 6.18. The second-order valence-corrected chi connectivity index (χ2v) is 13.1. The van der Waals surface area contributed by atoms with Crippen LogP contribution in [0.2, 0.25) is 0 Å². The minimum atomic E-state index is 0.330. The van der Waals surface area contributed by atoms with E-state index in [4.69, 9.17) is 25.4 Å². The molecule has 3 aliphatic rings. The summed E-state index contributed by atoms with van der Waals surface area (Å²) in [7, 11) is 0. The average molecular weight is 589 g/mol. The van der Waals surface area contributed by atoms with Gasteiger partial charge in [-0.25, -0.2) is 4.98 Å². The van der Waals surface area contributed by atoms with Gasteiger partial charge < -0.3 is 30.6 Å². The third kappa shape index (κ3) is 8.46. The summed E-state index contributed by atoms with van der Waals surface area (Å²) < 4.78 is 8.21. The van der Waals surface area contributed by atoms with Crippen molar-refractivity contribution in [2.45, 2.75) is 114 Å². The standard InChI is InChI=1S/C34H52N8O/c35-27-14-16-28(17-15-27)37-32-31-33(42(25-36-31)30-12-4-5-13-30)40-34(39-32)38-29-18-21-41(22-19-29)20-6-7-23-43-24-8-11-26-9-2-1-3-10-26/h1-3,9-10,25,27-30H,4-8,11-24,35H2,(H2,37,38,39,40). The first-order chi connectivity index (χ1) is 21.2. The predicted octanol–water partition coefficient (Wildman–Crippen LogP) is 5.93. The van der Waals surface area contributed by atoms with Crippen molar-refractivity contribution >= 4 is 22.9 Å². The highest BCUT2D eigenvalue weighted by Gasteiger charge is 2.26. The summed E-state index contributed by atoms with van der Waals surface area (Å²) in [5.74, 6) is 1.62. The number of rotatable bonds is 14. The highest BCUT2D eigenvalue weighted by Crippen LogP contribution is 2.34. The molecular formula is C34H52N8O. The number of benzene rings is 1. The lowest BCUT2D eigenvalue weighted by Gasteiger charge is -2.32. The van der Waals surface area contributed by atoms with Gasteiger partial charge in [0.05, 0.1) is 6.33 Å². The highest BCUT2D eigenvalue weighted by atomic mass is 16.5. The SMILES string of the molecule is NC1CCC(Nc2nc(NC3CCN(CCCCOCCCc4ccccc4)CC3)nc3c2ncn3C2CCCC2)CC1. The Balaban J connectivity index is 0.964. The summed E-state index contributed by atoms with van der Waals surface area (Å²) in [5, 5.41) is 7.47. The summed E-state index contributed by atoms with van der Waals surface area (Å²) in [4.78, 5) is 17.5. The van der Waals surface area contributed by atoms with Crippen molar-refractivity contribution in [2.75, 3.05) is 43.5 Å². The molecule has 4 N–H and O–H groups in total. The monoisotopic (exact) mass is 588 g/mol. The van der Waals surface area contributed by atoms with Gasteiger partial charge in [-0.15, -0.1) is 0 Å². The van der Waals surface area contributed by atoms with Crippen LogP contribution in [0, 0.1) is 0 Å². The molecule has 3 fully saturated rings. The van der Waals surface area contributed by atoms with E-state index >= 15 is 0 Å². The first kappa shape index (κ1) is 30.3. The molecule has 234 valence electrons. The first-order valence-corrected chi connectivity index (χ1v) is 17.1. The molecule has 9 nitrogen and oxygen atoms in total. The molecule has 0 bridgehead atoms. The van der Waals surface area contributed by atoms with Crippen LogP contribution in [0.3, 0.4) is 0 Å². The van der Waals surface area contributed by atoms with E-state index in [1.54, 1.807) is 0 Å². The van der Waals surface area contributed by atoms with E-state index < -0.39 is 0 Å². The van der Waals surface area contributed by atoms with E-state index in [-0.39, 0.29) is 0 Å². The molecule has 0 amide bonds. The van der Waals surface area contributed by atoms with E-state index in [2.05, 4.69) is 50.4 Å². The van der Waals surface area contributed by atoms with Crippen LogP contribution in [-0.2, 0) is 11.2 Å². The smallest absolute Gasteiger partial charge is 0.227 e. The number of unbranched alkanes of at least 4 members (excludes halogenated alkanes) is 1. The highest BCUT2D eigenvalue weighted by molar-refractivity contribution is 5.84. The Hall–Kier alpha value is -2.75. The number of likely N-dealkylation sites (tertiary alicyclic amines) is 1. The van der Waals surface area contributed by atoms with E-state index in [9.17, 15) is 0 Å². The Bertz CT molecular complexity index is 1240. The third-order valence-corrected chi connectivity index (χ3v) is 9.78. The minimum Gasteiger partial charge on any atom is -0.381 e. The van der Waals surface area contributed by atoms with Crippen molar-refractivity contribution in [1.82, 2.24) is 24.4 Å². The molecule has 3 heterocycles. The summed E-state index contributed by atoms with van der Waals surface area (Å²) in [6.45, 7) is 5.11. The van der Waals surface area contributed by atoms with Crippen LogP contribution in [0.4, 0.5) is 11.8 Å². The molecule has 1 saturated heterocycles. The molecule has 0 atom stereocenters. The van der Waals surface area contributed by atoms with Gasteiger partial charge in [-0.05, 0) is 89.2 Å². The fourth-order valence-corrected chi connectivity index (χ4v) is 7.14. The number of fused-ring (bicyclic) bond motifs is 1. The van der Waals surface area contributed by atoms with Crippen LogP contribution < -0.4 is 16.4 Å². The quantitative estimate of drug-likeness (QED) is 0.199. The number of nitrogens with one attached hydrogen (secondary N) is 2. The number of hydrogen-bond acceptors (Lipinski definition) is 8. The zero-order valence-electron chi connectivity index (χ0n) is 25.9. The van der Waals surface area contributed by atoms with E-state index in [1.807, 2.05) is 6.33 Å². The lowest BCUT2D eigenvalue weighted by Crippen LogP contribution is -2.40. The summed E-state index contributed by atoms with van der Waals surface area (Å²) in [6, 6.07) is 12.3. The summed E-state index contributed by atoms with van der Waals surface area (Å²) >= 11 is 0. The molecule has 1 aromatic carbocycles. The van der Waals surface area contributed by atoms with Crippen molar-refractivity contribution < 1.29 is 4.74 Å². The maximum absolute atomic E-state index is 6.18. The number of nitrogens with zero attached hydrogens (tertiary/aromatic N) is 5.